The summed E-state index contributed by atoms with van der Waals surface area (Å²) in [6.07, 6.45) is 3.59. The Morgan fingerprint density at radius 2 is 2.20 bits per heavy atom. The van der Waals surface area contributed by atoms with Gasteiger partial charge in [0.25, 0.3) is 0 Å². The van der Waals surface area contributed by atoms with Gasteiger partial charge in [0.2, 0.25) is 0 Å². The molecule has 1 rings (SSSR count). The second-order valence-corrected chi connectivity index (χ2v) is 5.61. The molecular weight excluding hydrogens is 188 g/mol. The van der Waals surface area contributed by atoms with E-state index in [2.05, 4.69) is 18.7 Å². The van der Waals surface area contributed by atoms with Crippen molar-refractivity contribution in [3.8, 4) is 0 Å². The summed E-state index contributed by atoms with van der Waals surface area (Å²) in [7, 11) is 0. The highest BCUT2D eigenvalue weighted by atomic mass is 16.3. The Balaban J connectivity index is 2.11. The molecule has 0 saturated carbocycles. The van der Waals surface area contributed by atoms with Gasteiger partial charge in [-0.05, 0) is 50.2 Å². The molecule has 0 bridgehead atoms. The number of aliphatic hydroxyl groups excluding tert-OH is 1. The molecule has 3 heteroatoms. The van der Waals surface area contributed by atoms with Crippen molar-refractivity contribution in [2.45, 2.75) is 33.1 Å². The first-order chi connectivity index (χ1) is 7.07. The maximum absolute atomic E-state index is 9.03. The first-order valence-corrected chi connectivity index (χ1v) is 6.11. The van der Waals surface area contributed by atoms with Gasteiger partial charge in [-0.25, -0.2) is 0 Å². The molecule has 0 radical (unpaired) electrons. The molecule has 1 aliphatic rings. The smallest absolute Gasteiger partial charge is 0.0471 e. The van der Waals surface area contributed by atoms with Crippen molar-refractivity contribution in [1.29, 1.82) is 0 Å². The number of aliphatic hydroxyl groups is 1. The van der Waals surface area contributed by atoms with E-state index in [1.807, 2.05) is 0 Å². The number of nitrogens with two attached hydrogens (primary N) is 1. The molecule has 1 fully saturated rings. The van der Waals surface area contributed by atoms with E-state index in [0.717, 1.165) is 26.1 Å². The van der Waals surface area contributed by atoms with Crippen molar-refractivity contribution in [3.05, 3.63) is 0 Å². The summed E-state index contributed by atoms with van der Waals surface area (Å²) in [5, 5.41) is 9.03. The summed E-state index contributed by atoms with van der Waals surface area (Å²) in [4.78, 5) is 2.47. The van der Waals surface area contributed by atoms with E-state index in [0.29, 0.717) is 12.5 Å². The van der Waals surface area contributed by atoms with Crippen molar-refractivity contribution >= 4 is 0 Å². The van der Waals surface area contributed by atoms with Gasteiger partial charge in [-0.2, -0.15) is 0 Å². The van der Waals surface area contributed by atoms with Crippen LogP contribution in [0.5, 0.6) is 0 Å². The maximum Gasteiger partial charge on any atom is 0.0471 e. The monoisotopic (exact) mass is 214 g/mol. The summed E-state index contributed by atoms with van der Waals surface area (Å²) in [6, 6.07) is 0. The van der Waals surface area contributed by atoms with Crippen molar-refractivity contribution in [2.24, 2.45) is 17.1 Å². The first kappa shape index (κ1) is 12.9. The minimum Gasteiger partial charge on any atom is -0.396 e. The molecule has 1 atom stereocenters. The summed E-state index contributed by atoms with van der Waals surface area (Å²) < 4.78 is 0. The highest BCUT2D eigenvalue weighted by molar-refractivity contribution is 4.76. The standard InChI is InChI=1S/C12H26N2O/c1-12(2,10-13)5-3-6-14-7-4-11(8-14)9-15/h11,15H,3-10,13H2,1-2H3. The Kier molecular flexibility index (Phi) is 5.03. The van der Waals surface area contributed by atoms with Crippen LogP contribution in [0.3, 0.4) is 0 Å². The Hall–Kier alpha value is -0.120. The minimum absolute atomic E-state index is 0.288. The lowest BCUT2D eigenvalue weighted by Crippen LogP contribution is -2.27. The van der Waals surface area contributed by atoms with Gasteiger partial charge in [-0.15, -0.1) is 0 Å². The van der Waals surface area contributed by atoms with Crippen LogP contribution >= 0.6 is 0 Å². The van der Waals surface area contributed by atoms with E-state index in [1.54, 1.807) is 0 Å². The van der Waals surface area contributed by atoms with Crippen LogP contribution in [-0.2, 0) is 0 Å². The van der Waals surface area contributed by atoms with Gasteiger partial charge < -0.3 is 15.7 Å². The Morgan fingerprint density at radius 1 is 1.47 bits per heavy atom. The maximum atomic E-state index is 9.03. The average Bonchev–Trinajstić information content (AvgIpc) is 2.66. The third kappa shape index (κ3) is 4.49. The third-order valence-corrected chi connectivity index (χ3v) is 3.51. The SMILES string of the molecule is CC(C)(CN)CCCN1CCC(CO)C1. The van der Waals surface area contributed by atoms with E-state index in [4.69, 9.17) is 10.8 Å². The Bertz CT molecular complexity index is 182. The fourth-order valence-corrected chi connectivity index (χ4v) is 2.15. The molecule has 15 heavy (non-hydrogen) atoms. The topological polar surface area (TPSA) is 49.5 Å². The molecule has 90 valence electrons. The summed E-state index contributed by atoms with van der Waals surface area (Å²) in [6.45, 7) is 8.99. The molecular formula is C12H26N2O. The zero-order valence-corrected chi connectivity index (χ0v) is 10.2. The van der Waals surface area contributed by atoms with Crippen molar-refractivity contribution in [3.63, 3.8) is 0 Å². The van der Waals surface area contributed by atoms with E-state index in [-0.39, 0.29) is 5.41 Å². The zero-order chi connectivity index (χ0) is 11.3. The summed E-state index contributed by atoms with van der Waals surface area (Å²) >= 11 is 0. The summed E-state index contributed by atoms with van der Waals surface area (Å²) in [5.41, 5.74) is 5.99. The quantitative estimate of drug-likeness (QED) is 0.695. The first-order valence-electron chi connectivity index (χ1n) is 6.11. The number of hydrogen-bond donors (Lipinski definition) is 2. The second-order valence-electron chi connectivity index (χ2n) is 5.61. The van der Waals surface area contributed by atoms with Gasteiger partial charge in [0.05, 0.1) is 0 Å². The Morgan fingerprint density at radius 3 is 2.73 bits per heavy atom. The van der Waals surface area contributed by atoms with Crippen LogP contribution in [0.1, 0.15) is 33.1 Å². The zero-order valence-electron chi connectivity index (χ0n) is 10.2. The minimum atomic E-state index is 0.288. The van der Waals surface area contributed by atoms with E-state index in [1.165, 1.54) is 19.4 Å². The van der Waals surface area contributed by atoms with Crippen molar-refractivity contribution in [1.82, 2.24) is 4.90 Å². The largest absolute Gasteiger partial charge is 0.396 e. The third-order valence-electron chi connectivity index (χ3n) is 3.51. The van der Waals surface area contributed by atoms with Crippen LogP contribution in [0.25, 0.3) is 0 Å². The molecule has 0 aromatic carbocycles. The molecule has 3 nitrogen and oxygen atoms in total. The van der Waals surface area contributed by atoms with Gasteiger partial charge in [0, 0.05) is 13.2 Å². The second kappa shape index (κ2) is 5.83. The molecule has 0 aliphatic carbocycles. The highest BCUT2D eigenvalue weighted by Gasteiger charge is 2.22. The van der Waals surface area contributed by atoms with Crippen LogP contribution in [0, 0.1) is 11.3 Å². The summed E-state index contributed by atoms with van der Waals surface area (Å²) in [5.74, 6) is 0.521. The van der Waals surface area contributed by atoms with E-state index >= 15 is 0 Å². The van der Waals surface area contributed by atoms with Crippen LogP contribution in [0.15, 0.2) is 0 Å². The van der Waals surface area contributed by atoms with Gasteiger partial charge in [-0.3, -0.25) is 0 Å². The molecule has 0 aromatic rings. The van der Waals surface area contributed by atoms with Crippen molar-refractivity contribution < 1.29 is 5.11 Å². The molecule has 1 unspecified atom stereocenters. The number of hydrogen-bond acceptors (Lipinski definition) is 3. The van der Waals surface area contributed by atoms with Crippen LogP contribution in [0.4, 0.5) is 0 Å². The average molecular weight is 214 g/mol. The highest BCUT2D eigenvalue weighted by Crippen LogP contribution is 2.22. The van der Waals surface area contributed by atoms with Gasteiger partial charge >= 0.3 is 0 Å². The number of rotatable bonds is 6. The molecule has 0 amide bonds. The molecule has 1 heterocycles. The predicted octanol–water partition coefficient (Wildman–Crippen LogP) is 1.07. The van der Waals surface area contributed by atoms with E-state index < -0.39 is 0 Å². The molecule has 3 N–H and O–H groups in total. The van der Waals surface area contributed by atoms with Crippen LogP contribution in [0.2, 0.25) is 0 Å². The number of likely N-dealkylation sites (tertiary alicyclic amines) is 1. The fourth-order valence-electron chi connectivity index (χ4n) is 2.15. The van der Waals surface area contributed by atoms with Crippen molar-refractivity contribution in [2.75, 3.05) is 32.8 Å². The van der Waals surface area contributed by atoms with Gasteiger partial charge in [-0.1, -0.05) is 13.8 Å². The Labute approximate surface area is 93.6 Å². The molecule has 0 spiro atoms. The predicted molar refractivity (Wildman–Crippen MR) is 63.7 cm³/mol. The van der Waals surface area contributed by atoms with Gasteiger partial charge in [0.15, 0.2) is 0 Å². The lowest BCUT2D eigenvalue weighted by atomic mass is 9.88. The van der Waals surface area contributed by atoms with E-state index in [9.17, 15) is 0 Å². The van der Waals surface area contributed by atoms with Crippen LogP contribution in [-0.4, -0.2) is 42.8 Å². The fraction of sp³-hybridized carbons (Fsp3) is 1.00. The molecule has 1 saturated heterocycles. The normalized spacial score (nSPS) is 23.6. The molecule has 1 aliphatic heterocycles. The lowest BCUT2D eigenvalue weighted by molar-refractivity contribution is 0.217. The number of nitrogens with zero attached hydrogens (tertiary/aromatic N) is 1. The molecule has 0 aromatic heterocycles. The van der Waals surface area contributed by atoms with Crippen LogP contribution < -0.4 is 5.73 Å². The van der Waals surface area contributed by atoms with Gasteiger partial charge in [0.1, 0.15) is 0 Å². The lowest BCUT2D eigenvalue weighted by Gasteiger charge is -2.24.